The van der Waals surface area contributed by atoms with Crippen molar-refractivity contribution in [1.82, 2.24) is 5.32 Å². The van der Waals surface area contributed by atoms with Gasteiger partial charge in [-0.1, -0.05) is 0 Å². The van der Waals surface area contributed by atoms with Crippen LogP contribution in [-0.4, -0.2) is 57.8 Å². The van der Waals surface area contributed by atoms with Crippen LogP contribution in [0.2, 0.25) is 0 Å². The monoisotopic (exact) mass is 234 g/mol. The quantitative estimate of drug-likeness (QED) is 0.298. The zero-order valence-corrected chi connectivity index (χ0v) is 8.53. The molecule has 8 heteroatoms. The molecular formula is C8H14N2O6. The summed E-state index contributed by atoms with van der Waals surface area (Å²) in [6, 6.07) is -0.950. The standard InChI is InChI=1S/C8H14N2O6/c1-2(11)10-3-4(12)5(13)8(7(14)16-8)15-6(3)9/h3-7,12-14H,9H2,1H3,(H,10,11)/t3-,4-,5+,6-,7-,8-/m1/s1. The van der Waals surface area contributed by atoms with E-state index >= 15 is 0 Å². The van der Waals surface area contributed by atoms with Gasteiger partial charge in [-0.25, -0.2) is 0 Å². The van der Waals surface area contributed by atoms with Crippen molar-refractivity contribution in [3.8, 4) is 0 Å². The highest BCUT2D eigenvalue weighted by Gasteiger charge is 2.69. The van der Waals surface area contributed by atoms with Gasteiger partial charge >= 0.3 is 0 Å². The molecule has 0 unspecified atom stereocenters. The summed E-state index contributed by atoms with van der Waals surface area (Å²) < 4.78 is 9.76. The summed E-state index contributed by atoms with van der Waals surface area (Å²) in [5.41, 5.74) is 5.56. The summed E-state index contributed by atoms with van der Waals surface area (Å²) in [5.74, 6) is -2.07. The summed E-state index contributed by atoms with van der Waals surface area (Å²) in [6.07, 6.45) is -5.23. The Labute approximate surface area is 90.9 Å². The number of aliphatic hydroxyl groups excluding tert-OH is 3. The zero-order chi connectivity index (χ0) is 12.1. The fraction of sp³-hybridized carbons (Fsp3) is 0.875. The minimum Gasteiger partial charge on any atom is -0.388 e. The molecular weight excluding hydrogens is 220 g/mol. The van der Waals surface area contributed by atoms with Gasteiger partial charge in [-0.2, -0.15) is 0 Å². The predicted octanol–water partition coefficient (Wildman–Crippen LogP) is -3.43. The number of carbonyl (C=O) groups is 1. The molecule has 0 aromatic carbocycles. The average Bonchev–Trinajstić information content (AvgIpc) is 2.82. The van der Waals surface area contributed by atoms with Crippen LogP contribution in [0.1, 0.15) is 6.92 Å². The molecule has 2 aliphatic rings. The molecule has 2 saturated heterocycles. The first-order valence-corrected chi connectivity index (χ1v) is 4.81. The molecule has 0 radical (unpaired) electrons. The molecule has 0 bridgehead atoms. The van der Waals surface area contributed by atoms with E-state index in [0.717, 1.165) is 0 Å². The molecule has 8 nitrogen and oxygen atoms in total. The lowest BCUT2D eigenvalue weighted by Gasteiger charge is -2.39. The smallest absolute Gasteiger partial charge is 0.254 e. The fourth-order valence-electron chi connectivity index (χ4n) is 1.83. The van der Waals surface area contributed by atoms with Gasteiger partial charge in [0.15, 0.2) is 0 Å². The Kier molecular flexibility index (Phi) is 2.65. The predicted molar refractivity (Wildman–Crippen MR) is 48.5 cm³/mol. The number of carbonyl (C=O) groups excluding carboxylic acids is 1. The van der Waals surface area contributed by atoms with Crippen LogP contribution in [-0.2, 0) is 14.3 Å². The van der Waals surface area contributed by atoms with Crippen LogP contribution in [0.3, 0.4) is 0 Å². The normalized spacial score (nSPS) is 51.4. The first-order valence-electron chi connectivity index (χ1n) is 4.81. The average molecular weight is 234 g/mol. The highest BCUT2D eigenvalue weighted by atomic mass is 16.9. The molecule has 2 fully saturated rings. The highest BCUT2D eigenvalue weighted by Crippen LogP contribution is 2.44. The van der Waals surface area contributed by atoms with E-state index in [9.17, 15) is 15.0 Å². The Morgan fingerprint density at radius 1 is 1.38 bits per heavy atom. The third kappa shape index (κ3) is 1.59. The van der Waals surface area contributed by atoms with Crippen molar-refractivity contribution in [2.24, 2.45) is 5.73 Å². The molecule has 2 heterocycles. The summed E-state index contributed by atoms with van der Waals surface area (Å²) in [4.78, 5) is 10.9. The largest absolute Gasteiger partial charge is 0.388 e. The Morgan fingerprint density at radius 2 is 1.94 bits per heavy atom. The topological polar surface area (TPSA) is 138 Å². The van der Waals surface area contributed by atoms with Crippen molar-refractivity contribution in [1.29, 1.82) is 0 Å². The van der Waals surface area contributed by atoms with Crippen molar-refractivity contribution in [2.75, 3.05) is 0 Å². The number of nitrogens with two attached hydrogens (primary N) is 1. The van der Waals surface area contributed by atoms with Crippen LogP contribution >= 0.6 is 0 Å². The van der Waals surface area contributed by atoms with E-state index in [2.05, 4.69) is 10.1 Å². The van der Waals surface area contributed by atoms with Crippen molar-refractivity contribution in [2.45, 2.75) is 43.5 Å². The SMILES string of the molecule is CC(=O)N[C@@H]1[C@@H](O)[C@H](O)[C@@]2(O[C@H]1N)O[C@H]2O. The van der Waals surface area contributed by atoms with Crippen LogP contribution in [0.25, 0.3) is 0 Å². The van der Waals surface area contributed by atoms with E-state index in [1.165, 1.54) is 6.92 Å². The zero-order valence-electron chi connectivity index (χ0n) is 8.53. The van der Waals surface area contributed by atoms with Gasteiger partial charge in [-0.15, -0.1) is 0 Å². The number of epoxide rings is 1. The number of nitrogens with one attached hydrogen (secondary N) is 1. The van der Waals surface area contributed by atoms with Crippen LogP contribution < -0.4 is 11.1 Å². The lowest BCUT2D eigenvalue weighted by atomic mass is 9.96. The van der Waals surface area contributed by atoms with E-state index in [4.69, 9.17) is 15.6 Å². The molecule has 2 aliphatic heterocycles. The molecule has 0 aromatic heterocycles. The number of hydrogen-bond acceptors (Lipinski definition) is 7. The molecule has 6 atom stereocenters. The first kappa shape index (κ1) is 11.7. The first-order chi connectivity index (χ1) is 7.38. The van der Waals surface area contributed by atoms with Gasteiger partial charge in [0.2, 0.25) is 12.2 Å². The third-order valence-electron chi connectivity index (χ3n) is 2.73. The second kappa shape index (κ2) is 3.62. The van der Waals surface area contributed by atoms with Crippen LogP contribution in [0.15, 0.2) is 0 Å². The van der Waals surface area contributed by atoms with Crippen LogP contribution in [0.4, 0.5) is 0 Å². The lowest BCUT2D eigenvalue weighted by molar-refractivity contribution is -0.234. The molecule has 0 saturated carbocycles. The van der Waals surface area contributed by atoms with E-state index in [-0.39, 0.29) is 0 Å². The molecule has 16 heavy (non-hydrogen) atoms. The van der Waals surface area contributed by atoms with Gasteiger partial charge in [0.25, 0.3) is 5.79 Å². The number of hydrogen-bond donors (Lipinski definition) is 5. The lowest BCUT2D eigenvalue weighted by Crippen LogP contribution is -2.67. The maximum atomic E-state index is 10.9. The molecule has 2 rings (SSSR count). The van der Waals surface area contributed by atoms with Crippen LogP contribution in [0, 0.1) is 0 Å². The Bertz CT molecular complexity index is 313. The molecule has 92 valence electrons. The van der Waals surface area contributed by atoms with Crippen molar-refractivity contribution in [3.63, 3.8) is 0 Å². The van der Waals surface area contributed by atoms with Gasteiger partial charge in [-0.3, -0.25) is 4.79 Å². The number of ether oxygens (including phenoxy) is 2. The Hall–Kier alpha value is -0.770. The van der Waals surface area contributed by atoms with Gasteiger partial charge in [0.1, 0.15) is 18.4 Å². The van der Waals surface area contributed by atoms with Gasteiger partial charge < -0.3 is 35.8 Å². The molecule has 1 amide bonds. The molecule has 0 aromatic rings. The molecule has 6 N–H and O–H groups in total. The van der Waals surface area contributed by atoms with Crippen molar-refractivity contribution >= 4 is 5.91 Å². The van der Waals surface area contributed by atoms with Gasteiger partial charge in [0.05, 0.1) is 6.04 Å². The highest BCUT2D eigenvalue weighted by molar-refractivity contribution is 5.73. The summed E-state index contributed by atoms with van der Waals surface area (Å²) in [5, 5.41) is 30.9. The minimum atomic E-state index is -1.66. The number of amides is 1. The maximum absolute atomic E-state index is 10.9. The third-order valence-corrected chi connectivity index (χ3v) is 2.73. The maximum Gasteiger partial charge on any atom is 0.254 e. The van der Waals surface area contributed by atoms with Crippen LogP contribution in [0.5, 0.6) is 0 Å². The van der Waals surface area contributed by atoms with E-state index in [1.807, 2.05) is 0 Å². The molecule has 1 spiro atoms. The van der Waals surface area contributed by atoms with E-state index in [0.29, 0.717) is 0 Å². The van der Waals surface area contributed by atoms with E-state index in [1.54, 1.807) is 0 Å². The molecule has 0 aliphatic carbocycles. The summed E-state index contributed by atoms with van der Waals surface area (Å²) in [7, 11) is 0. The van der Waals surface area contributed by atoms with Crippen molar-refractivity contribution < 1.29 is 29.6 Å². The number of rotatable bonds is 1. The fourth-order valence-corrected chi connectivity index (χ4v) is 1.83. The summed E-state index contributed by atoms with van der Waals surface area (Å²) in [6.45, 7) is 1.25. The Morgan fingerprint density at radius 3 is 2.38 bits per heavy atom. The summed E-state index contributed by atoms with van der Waals surface area (Å²) >= 11 is 0. The van der Waals surface area contributed by atoms with Gasteiger partial charge in [0, 0.05) is 6.92 Å². The van der Waals surface area contributed by atoms with Gasteiger partial charge in [-0.05, 0) is 0 Å². The second-order valence-corrected chi connectivity index (χ2v) is 3.94. The second-order valence-electron chi connectivity index (χ2n) is 3.94. The van der Waals surface area contributed by atoms with E-state index < -0.39 is 42.5 Å². The van der Waals surface area contributed by atoms with Crippen molar-refractivity contribution in [3.05, 3.63) is 0 Å². The Balaban J connectivity index is 2.12. The number of aliphatic hydroxyl groups is 3. The minimum absolute atomic E-state index is 0.413.